The molecule has 3 fully saturated rings. The molecular weight excluding hydrogens is 1030 g/mol. The molecular formula is C56H79FN8O14. The lowest BCUT2D eigenvalue weighted by Gasteiger charge is -2.62. The first-order valence-electron chi connectivity index (χ1n) is 27.4. The Morgan fingerprint density at radius 1 is 0.886 bits per heavy atom. The highest BCUT2D eigenvalue weighted by Gasteiger charge is 2.75. The van der Waals surface area contributed by atoms with Crippen molar-refractivity contribution in [2.45, 2.75) is 147 Å². The molecule has 434 valence electrons. The van der Waals surface area contributed by atoms with Crippen molar-refractivity contribution in [3.8, 4) is 11.8 Å². The van der Waals surface area contributed by atoms with E-state index in [1.807, 2.05) is 13.8 Å². The zero-order chi connectivity index (χ0) is 57.5. The number of anilines is 1. The third-order valence-corrected chi connectivity index (χ3v) is 16.5. The third kappa shape index (κ3) is 14.9. The largest absolute Gasteiger partial charge is 0.445 e. The van der Waals surface area contributed by atoms with Gasteiger partial charge in [-0.1, -0.05) is 63.8 Å². The number of primary amides is 1. The summed E-state index contributed by atoms with van der Waals surface area (Å²) in [4.78, 5) is 107. The van der Waals surface area contributed by atoms with E-state index in [0.717, 1.165) is 32.1 Å². The maximum atomic E-state index is 17.5. The number of allylic oxidation sites excluding steroid dienone is 4. The van der Waals surface area contributed by atoms with Gasteiger partial charge in [-0.15, -0.1) is 5.92 Å². The van der Waals surface area contributed by atoms with E-state index in [2.05, 4.69) is 49.2 Å². The van der Waals surface area contributed by atoms with Crippen LogP contribution in [-0.4, -0.2) is 139 Å². The Hall–Kier alpha value is -6.45. The number of halogens is 1. The highest BCUT2D eigenvalue weighted by molar-refractivity contribution is 6.01. The van der Waals surface area contributed by atoms with Crippen LogP contribution in [0.25, 0.3) is 0 Å². The molecule has 1 aromatic rings. The number of amides is 6. The second-order valence-corrected chi connectivity index (χ2v) is 22.0. The van der Waals surface area contributed by atoms with Crippen LogP contribution >= 0.6 is 0 Å². The number of Topliss-reactive ketones (excluding diaryl/α,β-unsaturated/α-hetero) is 1. The molecule has 1 unspecified atom stereocenters. The molecule has 11 N–H and O–H groups in total. The molecule has 6 amide bonds. The highest BCUT2D eigenvalue weighted by atomic mass is 19.1. The lowest BCUT2D eigenvalue weighted by atomic mass is 9.44. The molecule has 0 radical (unpaired) electrons. The fourth-order valence-corrected chi connectivity index (χ4v) is 12.3. The Balaban J connectivity index is 0.896. The van der Waals surface area contributed by atoms with Crippen LogP contribution < -0.4 is 43.1 Å². The van der Waals surface area contributed by atoms with E-state index in [1.54, 1.807) is 51.1 Å². The zero-order valence-electron chi connectivity index (χ0n) is 45.8. The Labute approximate surface area is 460 Å². The van der Waals surface area contributed by atoms with Crippen LogP contribution in [0, 0.1) is 46.3 Å². The summed E-state index contributed by atoms with van der Waals surface area (Å²) in [5, 5.41) is 39.9. The Bertz CT molecular complexity index is 2520. The van der Waals surface area contributed by atoms with Crippen molar-refractivity contribution in [3.63, 3.8) is 0 Å². The molecule has 0 heterocycles. The van der Waals surface area contributed by atoms with Gasteiger partial charge < -0.3 is 66.9 Å². The van der Waals surface area contributed by atoms with E-state index in [-0.39, 0.29) is 76.6 Å². The molecule has 79 heavy (non-hydrogen) atoms. The zero-order valence-corrected chi connectivity index (χ0v) is 45.8. The van der Waals surface area contributed by atoms with Crippen molar-refractivity contribution in [3.05, 3.63) is 53.6 Å². The first-order chi connectivity index (χ1) is 37.5. The molecule has 1 aromatic carbocycles. The summed E-state index contributed by atoms with van der Waals surface area (Å²) >= 11 is 0. The summed E-state index contributed by atoms with van der Waals surface area (Å²) in [6, 6.07) is 3.91. The van der Waals surface area contributed by atoms with E-state index in [9.17, 15) is 48.6 Å². The van der Waals surface area contributed by atoms with Gasteiger partial charge >= 0.3 is 24.2 Å². The maximum Gasteiger partial charge on any atom is 0.407 e. The molecule has 0 aromatic heterocycles. The minimum Gasteiger partial charge on any atom is -0.445 e. The van der Waals surface area contributed by atoms with E-state index < -0.39 is 106 Å². The first-order valence-corrected chi connectivity index (χ1v) is 27.4. The van der Waals surface area contributed by atoms with Gasteiger partial charge in [0.05, 0.1) is 12.1 Å². The Morgan fingerprint density at radius 3 is 2.32 bits per heavy atom. The van der Waals surface area contributed by atoms with Crippen molar-refractivity contribution in [2.75, 3.05) is 51.3 Å². The van der Waals surface area contributed by atoms with E-state index >= 15 is 4.39 Å². The number of urea groups is 1. The SMILES string of the molecule is CC(C)[C@H](NCCNOC(=O)COC1C#CCCCCC1)C(=O)N[C@@H](CCCNC(N)=O)C(=O)Nc1ccc(COC(=O)NCCNC(=O)OCC(=O)[C@@]2(O)[C@H](C)C[C@H]3[C@@H]4CCC5=CC(=O)C=C[C@]5(C)[C@@]4(F)[C@@H](O)C[C@@]32C)cc1. The van der Waals surface area contributed by atoms with Crippen molar-refractivity contribution in [1.29, 1.82) is 0 Å². The number of ketones is 2. The van der Waals surface area contributed by atoms with Gasteiger partial charge in [0.15, 0.2) is 18.1 Å². The smallest absolute Gasteiger partial charge is 0.407 e. The van der Waals surface area contributed by atoms with Crippen molar-refractivity contribution >= 4 is 53.3 Å². The van der Waals surface area contributed by atoms with Crippen LogP contribution in [0.15, 0.2) is 48.1 Å². The van der Waals surface area contributed by atoms with Crippen LogP contribution in [0.4, 0.5) is 24.5 Å². The van der Waals surface area contributed by atoms with Gasteiger partial charge in [-0.3, -0.25) is 19.2 Å². The second-order valence-electron chi connectivity index (χ2n) is 22.0. The van der Waals surface area contributed by atoms with E-state index in [0.29, 0.717) is 42.5 Å². The average Bonchev–Trinajstić information content (AvgIpc) is 3.49. The summed E-state index contributed by atoms with van der Waals surface area (Å²) in [6.45, 7) is 7.92. The van der Waals surface area contributed by atoms with Crippen LogP contribution in [-0.2, 0) is 49.6 Å². The quantitative estimate of drug-likeness (QED) is 0.0290. The maximum absolute atomic E-state index is 17.5. The number of hydrogen-bond donors (Lipinski definition) is 10. The number of aliphatic hydroxyl groups is 2. The molecule has 5 aliphatic rings. The molecule has 0 aliphatic heterocycles. The molecule has 22 nitrogen and oxygen atoms in total. The number of rotatable bonds is 25. The first kappa shape index (κ1) is 61.8. The molecule has 6 rings (SSSR count). The van der Waals surface area contributed by atoms with Gasteiger partial charge in [-0.2, -0.15) is 5.48 Å². The number of carbonyl (C=O) groups excluding carboxylic acids is 8. The number of nitrogens with two attached hydrogens (primary N) is 1. The fourth-order valence-electron chi connectivity index (χ4n) is 12.3. The molecule has 0 spiro atoms. The highest BCUT2D eigenvalue weighted by Crippen LogP contribution is 2.70. The minimum atomic E-state index is -2.14. The average molecular weight is 1110 g/mol. The lowest BCUT2D eigenvalue weighted by Crippen LogP contribution is -2.69. The predicted octanol–water partition coefficient (Wildman–Crippen LogP) is 3.44. The number of benzene rings is 1. The number of nitrogens with one attached hydrogen (secondary N) is 7. The molecule has 3 saturated carbocycles. The standard InChI is InChI=1S/C56H79FN8O14/c1-34(2)47(59-26-27-63-79-46(69)33-76-40-12-9-7-6-8-10-13-40)49(71)65-43(14-11-23-60-50(58)72)48(70)64-38-18-15-36(16-19-38)31-77-51(73)61-24-25-62-52(74)78-32-45(68)56(75)35(3)28-42-41-20-17-37-29-39(66)21-22-53(37,4)55(41,57)44(67)30-54(42,56)5/h15-16,18-19,21-22,29,34-35,40-44,47,59,63,67,75H,6-9,11-12,14,17,20,23-28,30-33H2,1-5H3,(H,61,73)(H,62,74)(H,64,70)(H,65,71)(H3,58,60,72)/t35-,40?,41+,42+,43+,44+,47+,53+,54+,55+,56+/m1/s1. The van der Waals surface area contributed by atoms with Gasteiger partial charge in [-0.25, -0.2) is 23.6 Å². The minimum absolute atomic E-state index is 0.0804. The van der Waals surface area contributed by atoms with Gasteiger partial charge in [0.2, 0.25) is 17.6 Å². The summed E-state index contributed by atoms with van der Waals surface area (Å²) in [5.41, 5.74) is 2.70. The van der Waals surface area contributed by atoms with Gasteiger partial charge in [-0.05, 0) is 112 Å². The third-order valence-electron chi connectivity index (χ3n) is 16.5. The number of fused-ring (bicyclic) bond motifs is 5. The van der Waals surface area contributed by atoms with Crippen LogP contribution in [0.5, 0.6) is 0 Å². The van der Waals surface area contributed by atoms with E-state index in [1.165, 1.54) is 12.2 Å². The van der Waals surface area contributed by atoms with Crippen molar-refractivity contribution < 1.29 is 72.0 Å². The number of hydrogen-bond acceptors (Lipinski definition) is 16. The summed E-state index contributed by atoms with van der Waals surface area (Å²) in [6.07, 6.45) is 6.62. The molecule has 11 atom stereocenters. The van der Waals surface area contributed by atoms with Crippen LogP contribution in [0.1, 0.15) is 111 Å². The number of aliphatic hydroxyl groups excluding tert-OH is 1. The molecule has 0 bridgehead atoms. The van der Waals surface area contributed by atoms with Gasteiger partial charge in [0, 0.05) is 61.6 Å². The molecule has 23 heteroatoms. The van der Waals surface area contributed by atoms with E-state index in [4.69, 9.17) is 24.8 Å². The van der Waals surface area contributed by atoms with Gasteiger partial charge in [0.25, 0.3) is 0 Å². The lowest BCUT2D eigenvalue weighted by molar-refractivity contribution is -0.219. The number of hydroxylamine groups is 1. The number of ether oxygens (including phenoxy) is 3. The van der Waals surface area contributed by atoms with Crippen molar-refractivity contribution in [2.24, 2.45) is 40.2 Å². The summed E-state index contributed by atoms with van der Waals surface area (Å²) in [7, 11) is 0. The number of alkyl halides is 1. The predicted molar refractivity (Wildman–Crippen MR) is 286 cm³/mol. The summed E-state index contributed by atoms with van der Waals surface area (Å²) in [5.74, 6) is 1.44. The Kier molecular flexibility index (Phi) is 21.6. The van der Waals surface area contributed by atoms with Gasteiger partial charge in [0.1, 0.15) is 31.0 Å². The number of carbonyl (C=O) groups is 8. The fraction of sp³-hybridized carbons (Fsp3) is 0.643. The molecule has 0 saturated heterocycles. The summed E-state index contributed by atoms with van der Waals surface area (Å²) < 4.78 is 33.6. The normalized spacial score (nSPS) is 28.5. The second kappa shape index (κ2) is 27.6. The van der Waals surface area contributed by atoms with Crippen LogP contribution in [0.3, 0.4) is 0 Å². The topological polar surface area (TPSA) is 324 Å². The number of alkyl carbamates (subject to hydrolysis) is 2. The van der Waals surface area contributed by atoms with Crippen molar-refractivity contribution in [1.82, 2.24) is 32.1 Å². The molecule has 5 aliphatic carbocycles. The monoisotopic (exact) mass is 1110 g/mol. The van der Waals surface area contributed by atoms with Crippen LogP contribution in [0.2, 0.25) is 0 Å². The Morgan fingerprint density at radius 2 is 1.61 bits per heavy atom.